The van der Waals surface area contributed by atoms with Gasteiger partial charge in [0.25, 0.3) is 5.91 Å². The number of amides is 3. The third kappa shape index (κ3) is 4.25. The summed E-state index contributed by atoms with van der Waals surface area (Å²) in [6.07, 6.45) is 8.68. The summed E-state index contributed by atoms with van der Waals surface area (Å²) in [6.45, 7) is 9.00. The van der Waals surface area contributed by atoms with Gasteiger partial charge in [-0.05, 0) is 43.9 Å². The number of hydrogen-bond donors (Lipinski definition) is 1. The Morgan fingerprint density at radius 3 is 2.26 bits per heavy atom. The molecule has 1 unspecified atom stereocenters. The van der Waals surface area contributed by atoms with Gasteiger partial charge in [-0.3, -0.25) is 14.4 Å². The van der Waals surface area contributed by atoms with Crippen LogP contribution in [0.5, 0.6) is 0 Å². The Balaban J connectivity index is 1.48. The first-order chi connectivity index (χ1) is 20.2. The maximum atomic E-state index is 14.8. The molecule has 42 heavy (non-hydrogen) atoms. The van der Waals surface area contributed by atoms with E-state index in [1.54, 1.807) is 21.6 Å². The molecule has 8 heteroatoms. The lowest BCUT2D eigenvalue weighted by Crippen LogP contribution is -2.57. The zero-order valence-electron chi connectivity index (χ0n) is 24.7. The Labute approximate surface area is 252 Å². The van der Waals surface area contributed by atoms with Crippen LogP contribution in [0.15, 0.2) is 72.8 Å². The van der Waals surface area contributed by atoms with Gasteiger partial charge in [0.05, 0.1) is 29.2 Å². The van der Waals surface area contributed by atoms with Crippen LogP contribution < -0.4 is 4.90 Å². The average Bonchev–Trinajstić information content (AvgIpc) is 3.25. The van der Waals surface area contributed by atoms with E-state index < -0.39 is 33.4 Å². The summed E-state index contributed by atoms with van der Waals surface area (Å²) in [6, 6.07) is 14.5. The lowest BCUT2D eigenvalue weighted by Gasteiger charge is -2.40. The summed E-state index contributed by atoms with van der Waals surface area (Å²) in [7, 11) is 0. The Morgan fingerprint density at radius 2 is 1.60 bits per heavy atom. The summed E-state index contributed by atoms with van der Waals surface area (Å²) in [5.74, 6) is -1.82. The van der Waals surface area contributed by atoms with E-state index in [2.05, 4.69) is 6.08 Å². The van der Waals surface area contributed by atoms with E-state index >= 15 is 0 Å². The molecule has 0 saturated carbocycles. The number of para-hydroxylation sites is 1. The molecule has 0 bridgehead atoms. The third-order valence-corrected chi connectivity index (χ3v) is 11.4. The highest BCUT2D eigenvalue weighted by Crippen LogP contribution is 2.66. The summed E-state index contributed by atoms with van der Waals surface area (Å²) < 4.78 is -1.62. The number of rotatable bonds is 6. The molecule has 6 rings (SSSR count). The fraction of sp³-hybridized carbons (Fsp3) is 0.441. The number of carbonyl (C=O) groups excluding carboxylic acids is 3. The molecule has 220 valence electrons. The largest absolute Gasteiger partial charge is 0.394 e. The highest BCUT2D eigenvalue weighted by molar-refractivity contribution is 8.02. The van der Waals surface area contributed by atoms with Gasteiger partial charge in [0.2, 0.25) is 11.8 Å². The number of aryl methyl sites for hydroxylation is 2. The van der Waals surface area contributed by atoms with Gasteiger partial charge in [-0.1, -0.05) is 79.8 Å². The number of aliphatic hydroxyl groups is 1. The van der Waals surface area contributed by atoms with Crippen LogP contribution in [0.2, 0.25) is 0 Å². The molecule has 2 saturated heterocycles. The smallest absolute Gasteiger partial charge is 0.251 e. The van der Waals surface area contributed by atoms with Crippen molar-refractivity contribution in [3.8, 4) is 0 Å². The van der Waals surface area contributed by atoms with Crippen LogP contribution in [-0.2, 0) is 20.9 Å². The third-order valence-electron chi connectivity index (χ3n) is 9.58. The molecule has 6 atom stereocenters. The summed E-state index contributed by atoms with van der Waals surface area (Å²) in [5.41, 5.74) is 3.85. The molecule has 1 spiro atoms. The Kier molecular flexibility index (Phi) is 7.34. The van der Waals surface area contributed by atoms with Crippen LogP contribution in [0.25, 0.3) is 0 Å². The van der Waals surface area contributed by atoms with Crippen LogP contribution in [0, 0.1) is 25.7 Å². The predicted octanol–water partition coefficient (Wildman–Crippen LogP) is 4.26. The van der Waals surface area contributed by atoms with Crippen molar-refractivity contribution in [1.29, 1.82) is 0 Å². The highest BCUT2D eigenvalue weighted by atomic mass is 32.2. The Bertz CT molecular complexity index is 1450. The minimum Gasteiger partial charge on any atom is -0.394 e. The molecule has 0 radical (unpaired) electrons. The predicted molar refractivity (Wildman–Crippen MR) is 166 cm³/mol. The summed E-state index contributed by atoms with van der Waals surface area (Å²) in [5, 5.41) is 10.4. The number of anilines is 1. The van der Waals surface area contributed by atoms with Crippen molar-refractivity contribution in [1.82, 2.24) is 9.80 Å². The zero-order chi connectivity index (χ0) is 29.8. The Morgan fingerprint density at radius 1 is 0.905 bits per heavy atom. The number of carbonyl (C=O) groups is 3. The monoisotopic (exact) mass is 585 g/mol. The molecular formula is C34H39N3O4S. The molecule has 2 fully saturated rings. The fourth-order valence-corrected chi connectivity index (χ4v) is 9.84. The minimum absolute atomic E-state index is 0.0663. The number of aliphatic hydroxyl groups excluding tert-OH is 1. The SMILES string of the molecule is CC[C@@H](CO)N1C(=O)[C@@H]2[C@@H]3C(=O)N(Cc4ccccc4)CC=C[C@]3(C)S[C@@]23C=CCN(c2c(C)cccc2C)C(=O)C13. The summed E-state index contributed by atoms with van der Waals surface area (Å²) >= 11 is 1.58. The van der Waals surface area contributed by atoms with E-state index in [0.29, 0.717) is 26.1 Å². The lowest BCUT2D eigenvalue weighted by molar-refractivity contribution is -0.145. The zero-order valence-corrected chi connectivity index (χ0v) is 25.5. The topological polar surface area (TPSA) is 81.2 Å². The standard InChI is InChI=1S/C34H39N3O4S/c1-5-25(21-38)37-29-32(41)36(28-22(2)12-9-13-23(28)3)19-11-17-34(29)27(31(37)40)26-30(39)35(18-10-16-33(26,4)42-34)20-24-14-7-6-8-15-24/h6-17,25-27,29,38H,5,18-21H2,1-4H3/t25-,26+,27-,29?,33-,34-/m0/s1. The number of likely N-dealkylation sites (tertiary alicyclic amines) is 1. The summed E-state index contributed by atoms with van der Waals surface area (Å²) in [4.78, 5) is 49.2. The second-order valence-corrected chi connectivity index (χ2v) is 14.0. The quantitative estimate of drug-likeness (QED) is 0.513. The molecule has 0 aromatic heterocycles. The number of fused-ring (bicyclic) bond motifs is 2. The van der Waals surface area contributed by atoms with Crippen LogP contribution in [-0.4, -0.2) is 73.9 Å². The number of thioether (sulfide) groups is 1. The fourth-order valence-electron chi connectivity index (χ4n) is 7.70. The number of hydrogen-bond acceptors (Lipinski definition) is 5. The van der Waals surface area contributed by atoms with Gasteiger partial charge in [0.15, 0.2) is 0 Å². The van der Waals surface area contributed by atoms with E-state index in [1.165, 1.54) is 0 Å². The van der Waals surface area contributed by atoms with Crippen molar-refractivity contribution in [2.75, 3.05) is 24.6 Å². The first kappa shape index (κ1) is 28.7. The molecule has 4 aliphatic rings. The molecule has 3 amide bonds. The van der Waals surface area contributed by atoms with E-state index in [1.807, 2.05) is 99.4 Å². The first-order valence-electron chi connectivity index (χ1n) is 14.9. The molecule has 4 aliphatic heterocycles. The maximum absolute atomic E-state index is 14.8. The lowest BCUT2D eigenvalue weighted by atomic mass is 9.74. The molecule has 1 N–H and O–H groups in total. The van der Waals surface area contributed by atoms with Crippen LogP contribution in [0.4, 0.5) is 5.69 Å². The van der Waals surface area contributed by atoms with Gasteiger partial charge in [0.1, 0.15) is 6.04 Å². The maximum Gasteiger partial charge on any atom is 0.251 e. The Hall–Kier alpha value is -3.36. The second kappa shape index (κ2) is 10.7. The molecule has 2 aromatic carbocycles. The van der Waals surface area contributed by atoms with Crippen molar-refractivity contribution >= 4 is 35.2 Å². The van der Waals surface area contributed by atoms with Gasteiger partial charge in [0, 0.05) is 30.1 Å². The second-order valence-electron chi connectivity index (χ2n) is 12.2. The van der Waals surface area contributed by atoms with Crippen LogP contribution in [0.3, 0.4) is 0 Å². The minimum atomic E-state index is -0.947. The van der Waals surface area contributed by atoms with Crippen molar-refractivity contribution in [3.05, 3.63) is 89.5 Å². The van der Waals surface area contributed by atoms with Gasteiger partial charge >= 0.3 is 0 Å². The number of nitrogens with zero attached hydrogens (tertiary/aromatic N) is 3. The first-order valence-corrected chi connectivity index (χ1v) is 15.7. The number of benzene rings is 2. The molecule has 7 nitrogen and oxygen atoms in total. The van der Waals surface area contributed by atoms with Gasteiger partial charge < -0.3 is 19.8 Å². The normalized spacial score (nSPS) is 31.1. The van der Waals surface area contributed by atoms with Crippen LogP contribution in [0.1, 0.15) is 37.0 Å². The van der Waals surface area contributed by atoms with E-state index in [4.69, 9.17) is 0 Å². The van der Waals surface area contributed by atoms with Gasteiger partial charge in [-0.25, -0.2) is 0 Å². The van der Waals surface area contributed by atoms with Crippen molar-refractivity contribution in [3.63, 3.8) is 0 Å². The average molecular weight is 586 g/mol. The molecule has 0 aliphatic carbocycles. The van der Waals surface area contributed by atoms with Crippen molar-refractivity contribution < 1.29 is 19.5 Å². The van der Waals surface area contributed by atoms with Crippen molar-refractivity contribution in [2.45, 2.75) is 62.2 Å². The molecular weight excluding hydrogens is 546 g/mol. The van der Waals surface area contributed by atoms with Gasteiger partial charge in [-0.15, -0.1) is 11.8 Å². The molecule has 4 heterocycles. The van der Waals surface area contributed by atoms with Gasteiger partial charge in [-0.2, -0.15) is 0 Å². The van der Waals surface area contributed by atoms with E-state index in [-0.39, 0.29) is 24.3 Å². The molecule has 2 aromatic rings. The van der Waals surface area contributed by atoms with Crippen LogP contribution >= 0.6 is 11.8 Å². The highest BCUT2D eigenvalue weighted by Gasteiger charge is 2.74. The van der Waals surface area contributed by atoms with Crippen molar-refractivity contribution in [2.24, 2.45) is 11.8 Å². The van der Waals surface area contributed by atoms with E-state index in [0.717, 1.165) is 22.4 Å². The van der Waals surface area contributed by atoms with E-state index in [9.17, 15) is 19.5 Å².